The average molecular weight is 436 g/mol. The van der Waals surface area contributed by atoms with Crippen molar-refractivity contribution >= 4 is 28.8 Å². The molecule has 162 valence electrons. The largest absolute Gasteiger partial charge is 0.416 e. The number of rotatable bonds is 4. The van der Waals surface area contributed by atoms with Gasteiger partial charge < -0.3 is 5.32 Å². The van der Waals surface area contributed by atoms with Crippen molar-refractivity contribution in [2.45, 2.75) is 20.0 Å². The number of anilines is 2. The molecule has 3 aromatic rings. The summed E-state index contributed by atoms with van der Waals surface area (Å²) < 4.78 is 39.5. The lowest BCUT2D eigenvalue weighted by molar-refractivity contribution is -0.137. The molecule has 1 aliphatic rings. The maximum absolute atomic E-state index is 13.4. The Bertz CT molecular complexity index is 1230. The fourth-order valence-corrected chi connectivity index (χ4v) is 3.75. The van der Waals surface area contributed by atoms with Gasteiger partial charge in [0, 0.05) is 5.69 Å². The number of alkyl halides is 3. The zero-order valence-corrected chi connectivity index (χ0v) is 17.3. The number of hydrogen-bond acceptors (Lipinski definition) is 3. The van der Waals surface area contributed by atoms with Crippen molar-refractivity contribution in [1.29, 1.82) is 0 Å². The quantitative estimate of drug-likeness (QED) is 0.533. The minimum atomic E-state index is -4.53. The van der Waals surface area contributed by atoms with Gasteiger partial charge in [-0.15, -0.1) is 0 Å². The normalized spacial score (nSPS) is 14.3. The number of amides is 2. The average Bonchev–Trinajstić information content (AvgIpc) is 2.97. The monoisotopic (exact) mass is 436 g/mol. The molecule has 1 heterocycles. The third-order valence-corrected chi connectivity index (χ3v) is 5.07. The number of carbonyl (C=O) groups excluding carboxylic acids is 2. The second kappa shape index (κ2) is 8.00. The second-order valence-corrected chi connectivity index (χ2v) is 7.61. The molecule has 0 saturated heterocycles. The van der Waals surface area contributed by atoms with Crippen molar-refractivity contribution in [1.82, 2.24) is 0 Å². The fourth-order valence-electron chi connectivity index (χ4n) is 3.75. The molecule has 0 unspecified atom stereocenters. The van der Waals surface area contributed by atoms with Gasteiger partial charge in [0.15, 0.2) is 0 Å². The smallest absolute Gasteiger partial charge is 0.350 e. The van der Waals surface area contributed by atoms with E-state index in [0.29, 0.717) is 11.3 Å². The van der Waals surface area contributed by atoms with Crippen LogP contribution in [0.25, 0.3) is 5.57 Å². The van der Waals surface area contributed by atoms with Crippen LogP contribution in [0.2, 0.25) is 0 Å². The topological polar surface area (TPSA) is 49.4 Å². The number of halogens is 3. The van der Waals surface area contributed by atoms with Crippen LogP contribution in [0.5, 0.6) is 0 Å². The number of hydrogen-bond donors (Lipinski definition) is 1. The summed E-state index contributed by atoms with van der Waals surface area (Å²) in [4.78, 5) is 27.8. The summed E-state index contributed by atoms with van der Waals surface area (Å²) in [5.74, 6) is -1.17. The van der Waals surface area contributed by atoms with Crippen LogP contribution >= 0.6 is 0 Å². The van der Waals surface area contributed by atoms with Gasteiger partial charge in [0.2, 0.25) is 0 Å². The maximum atomic E-state index is 13.4. The van der Waals surface area contributed by atoms with E-state index >= 15 is 0 Å². The van der Waals surface area contributed by atoms with Crippen molar-refractivity contribution in [3.8, 4) is 0 Å². The van der Waals surface area contributed by atoms with Crippen LogP contribution in [0.4, 0.5) is 24.5 Å². The number of aryl methyl sites for hydroxylation is 2. The van der Waals surface area contributed by atoms with Crippen molar-refractivity contribution in [2.24, 2.45) is 0 Å². The first-order chi connectivity index (χ1) is 15.1. The SMILES string of the molecule is Cc1cc(C)cc(N2C(=O)C(Nc3cccc(C(F)(F)F)c3)=C(c3ccccc3)C2=O)c1. The molecule has 0 spiro atoms. The van der Waals surface area contributed by atoms with E-state index in [1.165, 1.54) is 12.1 Å². The van der Waals surface area contributed by atoms with Gasteiger partial charge in [0.25, 0.3) is 11.8 Å². The summed E-state index contributed by atoms with van der Waals surface area (Å²) >= 11 is 0. The van der Waals surface area contributed by atoms with Crippen molar-refractivity contribution in [2.75, 3.05) is 10.2 Å². The van der Waals surface area contributed by atoms with Crippen molar-refractivity contribution < 1.29 is 22.8 Å². The molecule has 0 atom stereocenters. The first-order valence-electron chi connectivity index (χ1n) is 9.86. The second-order valence-electron chi connectivity index (χ2n) is 7.61. The summed E-state index contributed by atoms with van der Waals surface area (Å²) in [6, 6.07) is 18.5. The molecule has 0 aromatic heterocycles. The number of nitrogens with one attached hydrogen (secondary N) is 1. The molecule has 0 saturated carbocycles. The molecular weight excluding hydrogens is 417 g/mol. The van der Waals surface area contributed by atoms with Crippen LogP contribution in [0, 0.1) is 13.8 Å². The standard InChI is InChI=1S/C25H19F3N2O2/c1-15-11-16(2)13-20(12-15)30-23(31)21(17-7-4-3-5-8-17)22(24(30)32)29-19-10-6-9-18(14-19)25(26,27)28/h3-14,29H,1-2H3. The minimum absolute atomic E-state index is 0.0617. The van der Waals surface area contributed by atoms with E-state index in [1.54, 1.807) is 42.5 Å². The lowest BCUT2D eigenvalue weighted by Gasteiger charge is -2.17. The van der Waals surface area contributed by atoms with E-state index in [0.717, 1.165) is 28.2 Å². The maximum Gasteiger partial charge on any atom is 0.416 e. The summed E-state index contributed by atoms with van der Waals surface area (Å²) in [5.41, 5.74) is 1.90. The molecule has 7 heteroatoms. The lowest BCUT2D eigenvalue weighted by Crippen LogP contribution is -2.32. The molecule has 0 radical (unpaired) electrons. The first-order valence-corrected chi connectivity index (χ1v) is 9.86. The van der Waals surface area contributed by atoms with Gasteiger partial charge in [0.05, 0.1) is 16.8 Å². The first kappa shape index (κ1) is 21.4. The van der Waals surface area contributed by atoms with Crippen LogP contribution in [0.3, 0.4) is 0 Å². The van der Waals surface area contributed by atoms with Gasteiger partial charge in [-0.1, -0.05) is 42.5 Å². The Morgan fingerprint density at radius 2 is 1.44 bits per heavy atom. The molecular formula is C25H19F3N2O2. The van der Waals surface area contributed by atoms with E-state index in [4.69, 9.17) is 0 Å². The Hall–Kier alpha value is -3.87. The molecule has 1 N–H and O–H groups in total. The zero-order valence-electron chi connectivity index (χ0n) is 17.3. The van der Waals surface area contributed by atoms with Gasteiger partial charge in [-0.05, 0) is 60.9 Å². The number of carbonyl (C=O) groups is 2. The van der Waals surface area contributed by atoms with E-state index < -0.39 is 23.6 Å². The fraction of sp³-hybridized carbons (Fsp3) is 0.120. The third kappa shape index (κ3) is 4.01. The highest BCUT2D eigenvalue weighted by Gasteiger charge is 2.40. The summed E-state index contributed by atoms with van der Waals surface area (Å²) in [7, 11) is 0. The molecule has 0 bridgehead atoms. The minimum Gasteiger partial charge on any atom is -0.350 e. The van der Waals surface area contributed by atoms with Crippen LogP contribution < -0.4 is 10.2 Å². The van der Waals surface area contributed by atoms with Gasteiger partial charge in [-0.2, -0.15) is 13.2 Å². The number of imide groups is 1. The Kier molecular flexibility index (Phi) is 5.34. The Morgan fingerprint density at radius 3 is 2.06 bits per heavy atom. The molecule has 2 amide bonds. The Balaban J connectivity index is 1.82. The van der Waals surface area contributed by atoms with Crippen LogP contribution in [-0.4, -0.2) is 11.8 Å². The van der Waals surface area contributed by atoms with Crippen LogP contribution in [0.15, 0.2) is 78.5 Å². The third-order valence-electron chi connectivity index (χ3n) is 5.07. The van der Waals surface area contributed by atoms with Gasteiger partial charge >= 0.3 is 6.18 Å². The number of benzene rings is 3. The molecule has 4 rings (SSSR count). The molecule has 0 aliphatic carbocycles. The lowest BCUT2D eigenvalue weighted by atomic mass is 10.0. The zero-order chi connectivity index (χ0) is 23.0. The van der Waals surface area contributed by atoms with Crippen LogP contribution in [-0.2, 0) is 15.8 Å². The highest BCUT2D eigenvalue weighted by Crippen LogP contribution is 2.36. The molecule has 0 fully saturated rings. The predicted molar refractivity (Wildman–Crippen MR) is 117 cm³/mol. The molecule has 3 aromatic carbocycles. The highest BCUT2D eigenvalue weighted by atomic mass is 19.4. The Labute approximate surface area is 183 Å². The molecule has 32 heavy (non-hydrogen) atoms. The number of nitrogens with zero attached hydrogens (tertiary/aromatic N) is 1. The van der Waals surface area contributed by atoms with E-state index in [-0.39, 0.29) is 17.0 Å². The van der Waals surface area contributed by atoms with Crippen LogP contribution in [0.1, 0.15) is 22.3 Å². The van der Waals surface area contributed by atoms with E-state index in [2.05, 4.69) is 5.32 Å². The van der Waals surface area contributed by atoms with E-state index in [9.17, 15) is 22.8 Å². The molecule has 4 nitrogen and oxygen atoms in total. The summed E-state index contributed by atoms with van der Waals surface area (Å²) in [5, 5.41) is 2.78. The van der Waals surface area contributed by atoms with E-state index in [1.807, 2.05) is 19.9 Å². The van der Waals surface area contributed by atoms with Gasteiger partial charge in [-0.25, -0.2) is 4.90 Å². The Morgan fingerprint density at radius 1 is 0.781 bits per heavy atom. The summed E-state index contributed by atoms with van der Waals surface area (Å²) in [6.45, 7) is 3.71. The summed E-state index contributed by atoms with van der Waals surface area (Å²) in [6.07, 6.45) is -4.53. The van der Waals surface area contributed by atoms with Gasteiger partial charge in [-0.3, -0.25) is 9.59 Å². The van der Waals surface area contributed by atoms with Crippen molar-refractivity contribution in [3.63, 3.8) is 0 Å². The highest BCUT2D eigenvalue weighted by molar-refractivity contribution is 6.46. The van der Waals surface area contributed by atoms with Crippen molar-refractivity contribution in [3.05, 3.63) is 101 Å². The predicted octanol–water partition coefficient (Wildman–Crippen LogP) is 5.72. The van der Waals surface area contributed by atoms with Gasteiger partial charge in [0.1, 0.15) is 5.70 Å². The molecule has 1 aliphatic heterocycles.